The molecular formula is C13H19Cl2NO2S. The van der Waals surface area contributed by atoms with Crippen LogP contribution in [-0.4, -0.2) is 44.0 Å². The first kappa shape index (κ1) is 16.9. The molecule has 1 heterocycles. The average Bonchev–Trinajstić information content (AvgIpc) is 2.64. The van der Waals surface area contributed by atoms with Crippen molar-refractivity contribution >= 4 is 40.3 Å². The summed E-state index contributed by atoms with van der Waals surface area (Å²) in [5.74, 6) is 0.496. The van der Waals surface area contributed by atoms with Crippen LogP contribution >= 0.6 is 34.5 Å². The number of nitrogens with zero attached hydrogens (tertiary/aromatic N) is 1. The number of halogens is 2. The lowest BCUT2D eigenvalue weighted by atomic mass is 10.1. The predicted octanol–water partition coefficient (Wildman–Crippen LogP) is 3.84. The second kappa shape index (κ2) is 8.22. The van der Waals surface area contributed by atoms with Crippen LogP contribution in [0.1, 0.15) is 24.2 Å². The van der Waals surface area contributed by atoms with Crippen molar-refractivity contribution in [2.45, 2.75) is 13.8 Å². The first-order valence-electron chi connectivity index (χ1n) is 6.13. The molecule has 0 spiro atoms. The molecule has 1 aromatic heterocycles. The highest BCUT2D eigenvalue weighted by Gasteiger charge is 2.18. The third kappa shape index (κ3) is 5.79. The van der Waals surface area contributed by atoms with Crippen molar-refractivity contribution in [3.8, 4) is 0 Å². The summed E-state index contributed by atoms with van der Waals surface area (Å²) in [5.41, 5.74) is 0.517. The molecule has 1 aromatic rings. The summed E-state index contributed by atoms with van der Waals surface area (Å²) in [7, 11) is 1.66. The maximum Gasteiger partial charge on any atom is 0.179 e. The van der Waals surface area contributed by atoms with Crippen molar-refractivity contribution < 1.29 is 9.53 Å². The van der Waals surface area contributed by atoms with Gasteiger partial charge >= 0.3 is 0 Å². The Hall–Kier alpha value is -0.130. The van der Waals surface area contributed by atoms with Gasteiger partial charge in [-0.3, -0.25) is 9.69 Å². The van der Waals surface area contributed by atoms with Crippen LogP contribution in [0, 0.1) is 5.92 Å². The summed E-state index contributed by atoms with van der Waals surface area (Å²) in [4.78, 5) is 14.3. The molecule has 3 nitrogen and oxygen atoms in total. The lowest BCUT2D eigenvalue weighted by Crippen LogP contribution is -2.35. The largest absolute Gasteiger partial charge is 0.383 e. The molecule has 1 rings (SSSR count). The van der Waals surface area contributed by atoms with Crippen LogP contribution in [-0.2, 0) is 4.74 Å². The highest BCUT2D eigenvalue weighted by atomic mass is 35.5. The van der Waals surface area contributed by atoms with Crippen LogP contribution in [0.5, 0.6) is 0 Å². The molecule has 0 saturated carbocycles. The van der Waals surface area contributed by atoms with E-state index in [1.165, 1.54) is 11.3 Å². The number of ether oxygens (including phenoxy) is 1. The van der Waals surface area contributed by atoms with E-state index in [4.69, 9.17) is 27.9 Å². The van der Waals surface area contributed by atoms with Gasteiger partial charge in [0.25, 0.3) is 0 Å². The molecule has 0 aliphatic heterocycles. The van der Waals surface area contributed by atoms with E-state index in [-0.39, 0.29) is 5.78 Å². The van der Waals surface area contributed by atoms with Crippen molar-refractivity contribution in [3.63, 3.8) is 0 Å². The quantitative estimate of drug-likeness (QED) is 0.681. The first-order valence-corrected chi connectivity index (χ1v) is 7.70. The van der Waals surface area contributed by atoms with Gasteiger partial charge in [0, 0.05) is 20.2 Å². The van der Waals surface area contributed by atoms with Crippen molar-refractivity contribution in [2.24, 2.45) is 5.92 Å². The van der Waals surface area contributed by atoms with Gasteiger partial charge in [-0.05, 0) is 12.0 Å². The molecule has 0 atom stereocenters. The van der Waals surface area contributed by atoms with Gasteiger partial charge in [-0.1, -0.05) is 37.0 Å². The minimum atomic E-state index is 0.00454. The topological polar surface area (TPSA) is 29.5 Å². The van der Waals surface area contributed by atoms with E-state index in [1.54, 1.807) is 13.2 Å². The van der Waals surface area contributed by atoms with Crippen LogP contribution in [0.25, 0.3) is 0 Å². The van der Waals surface area contributed by atoms with Crippen LogP contribution < -0.4 is 0 Å². The van der Waals surface area contributed by atoms with E-state index < -0.39 is 0 Å². The minimum Gasteiger partial charge on any atom is -0.383 e. The molecule has 0 saturated heterocycles. The monoisotopic (exact) mass is 323 g/mol. The number of Topliss-reactive ketones (excluding diaryl/α,β-unsaturated/α-hetero) is 1. The van der Waals surface area contributed by atoms with Gasteiger partial charge in [0.15, 0.2) is 5.78 Å². The number of rotatable bonds is 8. The van der Waals surface area contributed by atoms with Crippen LogP contribution in [0.2, 0.25) is 8.67 Å². The van der Waals surface area contributed by atoms with E-state index in [9.17, 15) is 4.79 Å². The SMILES string of the molecule is COCCN(CC(=O)c1cc(Cl)sc1Cl)CC(C)C. The summed E-state index contributed by atoms with van der Waals surface area (Å²) >= 11 is 13.1. The van der Waals surface area contributed by atoms with Crippen molar-refractivity contribution in [1.82, 2.24) is 4.90 Å². The molecule has 0 aliphatic rings. The lowest BCUT2D eigenvalue weighted by molar-refractivity contribution is 0.0882. The van der Waals surface area contributed by atoms with Crippen molar-refractivity contribution in [2.75, 3.05) is 33.4 Å². The number of carbonyl (C=O) groups excluding carboxylic acids is 1. The molecule has 0 aliphatic carbocycles. The Morgan fingerprint density at radius 2 is 2.16 bits per heavy atom. The minimum absolute atomic E-state index is 0.00454. The van der Waals surface area contributed by atoms with Gasteiger partial charge in [0.1, 0.15) is 4.34 Å². The Labute approximate surface area is 128 Å². The molecule has 0 radical (unpaired) electrons. The molecule has 108 valence electrons. The summed E-state index contributed by atoms with van der Waals surface area (Å²) in [6, 6.07) is 1.64. The second-order valence-corrected chi connectivity index (χ2v) is 7.07. The van der Waals surface area contributed by atoms with Gasteiger partial charge < -0.3 is 4.74 Å². The van der Waals surface area contributed by atoms with Crippen LogP contribution in [0.3, 0.4) is 0 Å². The first-order chi connectivity index (χ1) is 8.93. The Kier molecular flexibility index (Phi) is 7.32. The zero-order chi connectivity index (χ0) is 14.4. The molecule has 0 amide bonds. The summed E-state index contributed by atoms with van der Waals surface area (Å²) in [6.45, 7) is 6.78. The third-order valence-corrected chi connectivity index (χ3v) is 4.05. The molecular weight excluding hydrogens is 305 g/mol. The Balaban J connectivity index is 2.66. The molecule has 0 aromatic carbocycles. The number of methoxy groups -OCH3 is 1. The van der Waals surface area contributed by atoms with Crippen molar-refractivity contribution in [1.29, 1.82) is 0 Å². The maximum atomic E-state index is 12.2. The number of thiophene rings is 1. The molecule has 0 fully saturated rings. The fraction of sp³-hybridized carbons (Fsp3) is 0.615. The Bertz CT molecular complexity index is 421. The maximum absolute atomic E-state index is 12.2. The highest BCUT2D eigenvalue weighted by molar-refractivity contribution is 7.20. The van der Waals surface area contributed by atoms with Crippen molar-refractivity contribution in [3.05, 3.63) is 20.3 Å². The van der Waals surface area contributed by atoms with Gasteiger partial charge in [-0.25, -0.2) is 0 Å². The molecule has 6 heteroatoms. The average molecular weight is 324 g/mol. The number of carbonyl (C=O) groups is 1. The molecule has 0 bridgehead atoms. The van der Waals surface area contributed by atoms with Gasteiger partial charge in [-0.2, -0.15) is 0 Å². The smallest absolute Gasteiger partial charge is 0.179 e. The van der Waals surface area contributed by atoms with E-state index in [0.717, 1.165) is 13.1 Å². The standard InChI is InChI=1S/C13H19Cl2NO2S/c1-9(2)7-16(4-5-18-3)8-11(17)10-6-12(14)19-13(10)15/h6,9H,4-5,7-8H2,1-3H3. The number of hydrogen-bond acceptors (Lipinski definition) is 4. The Morgan fingerprint density at radius 3 is 2.63 bits per heavy atom. The van der Waals surface area contributed by atoms with E-state index >= 15 is 0 Å². The van der Waals surface area contributed by atoms with E-state index in [2.05, 4.69) is 18.7 Å². The molecule has 0 N–H and O–H groups in total. The van der Waals surface area contributed by atoms with Gasteiger partial charge in [0.2, 0.25) is 0 Å². The molecule has 0 unspecified atom stereocenters. The summed E-state index contributed by atoms with van der Waals surface area (Å²) in [6.07, 6.45) is 0. The zero-order valence-corrected chi connectivity index (χ0v) is 13.7. The van der Waals surface area contributed by atoms with E-state index in [1.807, 2.05) is 0 Å². The lowest BCUT2D eigenvalue weighted by Gasteiger charge is -2.23. The highest BCUT2D eigenvalue weighted by Crippen LogP contribution is 2.31. The number of ketones is 1. The van der Waals surface area contributed by atoms with Crippen LogP contribution in [0.15, 0.2) is 6.07 Å². The van der Waals surface area contributed by atoms with Gasteiger partial charge in [-0.15, -0.1) is 11.3 Å². The normalized spacial score (nSPS) is 11.5. The van der Waals surface area contributed by atoms with Gasteiger partial charge in [0.05, 0.1) is 23.1 Å². The Morgan fingerprint density at radius 1 is 1.47 bits per heavy atom. The molecule has 19 heavy (non-hydrogen) atoms. The summed E-state index contributed by atoms with van der Waals surface area (Å²) in [5, 5.41) is 0. The van der Waals surface area contributed by atoms with E-state index in [0.29, 0.717) is 33.3 Å². The predicted molar refractivity (Wildman–Crippen MR) is 81.8 cm³/mol. The fourth-order valence-electron chi connectivity index (χ4n) is 1.79. The number of hydrogen-bond donors (Lipinski definition) is 0. The third-order valence-electron chi connectivity index (χ3n) is 2.56. The van der Waals surface area contributed by atoms with Crippen LogP contribution in [0.4, 0.5) is 0 Å². The second-order valence-electron chi connectivity index (χ2n) is 4.78. The summed E-state index contributed by atoms with van der Waals surface area (Å²) < 4.78 is 6.08. The fourth-order valence-corrected chi connectivity index (χ4v) is 3.29. The zero-order valence-electron chi connectivity index (χ0n) is 11.4.